The van der Waals surface area contributed by atoms with Gasteiger partial charge >= 0.3 is 0 Å². The van der Waals surface area contributed by atoms with Crippen LogP contribution in [0.4, 0.5) is 0 Å². The lowest BCUT2D eigenvalue weighted by Crippen LogP contribution is -2.41. The highest BCUT2D eigenvalue weighted by Crippen LogP contribution is 2.33. The van der Waals surface area contributed by atoms with E-state index in [1.165, 1.54) is 0 Å². The molecule has 0 aromatic carbocycles. The Bertz CT molecular complexity index is 226. The summed E-state index contributed by atoms with van der Waals surface area (Å²) in [5, 5.41) is 12.0. The molecule has 0 spiro atoms. The third-order valence-corrected chi connectivity index (χ3v) is 3.38. The van der Waals surface area contributed by atoms with Crippen LogP contribution in [-0.2, 0) is 4.74 Å². The Labute approximate surface area is 92.8 Å². The van der Waals surface area contributed by atoms with E-state index >= 15 is 0 Å². The highest BCUT2D eigenvalue weighted by Gasteiger charge is 2.30. The Morgan fingerprint density at radius 2 is 2.07 bits per heavy atom. The minimum atomic E-state index is -0.0517. The largest absolute Gasteiger partial charge is 0.381 e. The highest BCUT2D eigenvalue weighted by molar-refractivity contribution is 4.89. The van der Waals surface area contributed by atoms with Crippen molar-refractivity contribution in [2.75, 3.05) is 19.8 Å². The first-order valence-electron chi connectivity index (χ1n) is 5.77. The maximum atomic E-state index is 8.71. The van der Waals surface area contributed by atoms with E-state index in [2.05, 4.69) is 25.2 Å². The van der Waals surface area contributed by atoms with Crippen LogP contribution in [0.5, 0.6) is 0 Å². The van der Waals surface area contributed by atoms with E-state index in [9.17, 15) is 0 Å². The normalized spacial score (nSPS) is 20.9. The summed E-state index contributed by atoms with van der Waals surface area (Å²) in [6.07, 6.45) is 2.30. The monoisotopic (exact) mass is 210 g/mol. The molecule has 1 saturated heterocycles. The number of hydrogen-bond acceptors (Lipinski definition) is 3. The number of hydrogen-bond donors (Lipinski definition) is 1. The number of rotatable bonds is 4. The van der Waals surface area contributed by atoms with Crippen molar-refractivity contribution in [3.8, 4) is 6.07 Å². The van der Waals surface area contributed by atoms with Crippen LogP contribution in [0, 0.1) is 22.7 Å². The Hall–Kier alpha value is -0.590. The van der Waals surface area contributed by atoms with Gasteiger partial charge in [-0.3, -0.25) is 0 Å². The van der Waals surface area contributed by atoms with Crippen LogP contribution in [0.2, 0.25) is 0 Å². The van der Waals surface area contributed by atoms with Crippen LogP contribution in [0.3, 0.4) is 0 Å². The van der Waals surface area contributed by atoms with Gasteiger partial charge in [-0.1, -0.05) is 13.8 Å². The van der Waals surface area contributed by atoms with E-state index in [-0.39, 0.29) is 11.5 Å². The Kier molecular flexibility index (Phi) is 4.56. The van der Waals surface area contributed by atoms with Crippen molar-refractivity contribution in [3.05, 3.63) is 0 Å². The Morgan fingerprint density at radius 1 is 1.47 bits per heavy atom. The van der Waals surface area contributed by atoms with Crippen molar-refractivity contribution in [2.45, 2.75) is 39.7 Å². The molecular formula is C12H22N2O. The Balaban J connectivity index is 2.39. The van der Waals surface area contributed by atoms with Gasteiger partial charge in [-0.15, -0.1) is 0 Å². The summed E-state index contributed by atoms with van der Waals surface area (Å²) in [4.78, 5) is 0. The molecule has 86 valence electrons. The summed E-state index contributed by atoms with van der Waals surface area (Å²) in [6, 6.07) is 2.15. The molecule has 0 amide bonds. The standard InChI is InChI=1S/C12H22N2O/c1-10(8-13)14-9-12(2,3)11-4-6-15-7-5-11/h10-11,14H,4-7,9H2,1-3H3. The highest BCUT2D eigenvalue weighted by atomic mass is 16.5. The van der Waals surface area contributed by atoms with Gasteiger partial charge in [0, 0.05) is 19.8 Å². The molecule has 0 aromatic rings. The minimum Gasteiger partial charge on any atom is -0.381 e. The van der Waals surface area contributed by atoms with Crippen LogP contribution < -0.4 is 5.32 Å². The van der Waals surface area contributed by atoms with Gasteiger partial charge in [-0.05, 0) is 31.1 Å². The molecule has 0 bridgehead atoms. The lowest BCUT2D eigenvalue weighted by Gasteiger charge is -2.37. The quantitative estimate of drug-likeness (QED) is 0.771. The predicted octanol–water partition coefficient (Wildman–Crippen LogP) is 1.94. The second-order valence-electron chi connectivity index (χ2n) is 5.11. The van der Waals surface area contributed by atoms with Crippen molar-refractivity contribution in [3.63, 3.8) is 0 Å². The van der Waals surface area contributed by atoms with Crippen molar-refractivity contribution in [2.24, 2.45) is 11.3 Å². The molecule has 1 unspecified atom stereocenters. The van der Waals surface area contributed by atoms with E-state index in [1.807, 2.05) is 6.92 Å². The Morgan fingerprint density at radius 3 is 2.60 bits per heavy atom. The van der Waals surface area contributed by atoms with Crippen molar-refractivity contribution < 1.29 is 4.74 Å². The summed E-state index contributed by atoms with van der Waals surface area (Å²) in [5.74, 6) is 0.713. The molecule has 1 heterocycles. The fourth-order valence-corrected chi connectivity index (χ4v) is 2.09. The molecule has 3 nitrogen and oxygen atoms in total. The summed E-state index contributed by atoms with van der Waals surface area (Å²) in [6.45, 7) is 9.15. The third kappa shape index (κ3) is 3.81. The molecule has 1 fully saturated rings. The molecule has 1 rings (SSSR count). The van der Waals surface area contributed by atoms with Gasteiger partial charge in [0.25, 0.3) is 0 Å². The van der Waals surface area contributed by atoms with Gasteiger partial charge in [0.15, 0.2) is 0 Å². The van der Waals surface area contributed by atoms with Crippen LogP contribution >= 0.6 is 0 Å². The van der Waals surface area contributed by atoms with Gasteiger partial charge in [0.1, 0.15) is 0 Å². The molecule has 1 aliphatic rings. The fraction of sp³-hybridized carbons (Fsp3) is 0.917. The average Bonchev–Trinajstić information content (AvgIpc) is 2.27. The van der Waals surface area contributed by atoms with Gasteiger partial charge in [0.2, 0.25) is 0 Å². The van der Waals surface area contributed by atoms with Crippen LogP contribution in [0.25, 0.3) is 0 Å². The molecular weight excluding hydrogens is 188 g/mol. The average molecular weight is 210 g/mol. The topological polar surface area (TPSA) is 45.0 Å². The zero-order valence-corrected chi connectivity index (χ0v) is 10.0. The lowest BCUT2D eigenvalue weighted by molar-refractivity contribution is 0.0225. The SMILES string of the molecule is CC(C#N)NCC(C)(C)C1CCOCC1. The molecule has 15 heavy (non-hydrogen) atoms. The van der Waals surface area contributed by atoms with E-state index in [0.29, 0.717) is 5.92 Å². The first kappa shape index (κ1) is 12.5. The summed E-state index contributed by atoms with van der Waals surface area (Å²) >= 11 is 0. The smallest absolute Gasteiger partial charge is 0.0924 e. The predicted molar refractivity (Wildman–Crippen MR) is 60.4 cm³/mol. The maximum Gasteiger partial charge on any atom is 0.0924 e. The summed E-state index contributed by atoms with van der Waals surface area (Å²) in [7, 11) is 0. The number of nitrogens with zero attached hydrogens (tertiary/aromatic N) is 1. The zero-order chi connectivity index (χ0) is 11.3. The van der Waals surface area contributed by atoms with Crippen molar-refractivity contribution in [1.82, 2.24) is 5.32 Å². The maximum absolute atomic E-state index is 8.71. The first-order valence-corrected chi connectivity index (χ1v) is 5.77. The van der Waals surface area contributed by atoms with Gasteiger partial charge in [-0.25, -0.2) is 0 Å². The molecule has 0 radical (unpaired) electrons. The second-order valence-corrected chi connectivity index (χ2v) is 5.11. The number of ether oxygens (including phenoxy) is 1. The van der Waals surface area contributed by atoms with Crippen LogP contribution in [0.1, 0.15) is 33.6 Å². The molecule has 3 heteroatoms. The zero-order valence-electron chi connectivity index (χ0n) is 10.0. The van der Waals surface area contributed by atoms with E-state index in [0.717, 1.165) is 32.6 Å². The minimum absolute atomic E-state index is 0.0517. The first-order chi connectivity index (χ1) is 7.06. The van der Waals surface area contributed by atoms with Gasteiger partial charge in [-0.2, -0.15) is 5.26 Å². The summed E-state index contributed by atoms with van der Waals surface area (Å²) < 4.78 is 5.37. The molecule has 0 saturated carbocycles. The molecule has 1 aliphatic heterocycles. The molecule has 0 aromatic heterocycles. The van der Waals surface area contributed by atoms with Crippen molar-refractivity contribution >= 4 is 0 Å². The van der Waals surface area contributed by atoms with E-state index in [4.69, 9.17) is 10.00 Å². The van der Waals surface area contributed by atoms with Gasteiger partial charge < -0.3 is 10.1 Å². The third-order valence-electron chi connectivity index (χ3n) is 3.38. The number of nitrogens with one attached hydrogen (secondary N) is 1. The van der Waals surface area contributed by atoms with Crippen LogP contribution in [0.15, 0.2) is 0 Å². The number of nitriles is 1. The van der Waals surface area contributed by atoms with Gasteiger partial charge in [0.05, 0.1) is 12.1 Å². The molecule has 0 aliphatic carbocycles. The summed E-state index contributed by atoms with van der Waals surface area (Å²) in [5.41, 5.74) is 0.259. The molecule has 1 atom stereocenters. The van der Waals surface area contributed by atoms with Crippen molar-refractivity contribution in [1.29, 1.82) is 5.26 Å². The van der Waals surface area contributed by atoms with Crippen LogP contribution in [-0.4, -0.2) is 25.8 Å². The lowest BCUT2D eigenvalue weighted by atomic mass is 9.74. The van der Waals surface area contributed by atoms with E-state index in [1.54, 1.807) is 0 Å². The van der Waals surface area contributed by atoms with E-state index < -0.39 is 0 Å². The second kappa shape index (κ2) is 5.48. The molecule has 1 N–H and O–H groups in total. The fourth-order valence-electron chi connectivity index (χ4n) is 2.09.